The Labute approximate surface area is 163 Å². The van der Waals surface area contributed by atoms with Crippen LogP contribution in [-0.2, 0) is 21.7 Å². The van der Waals surface area contributed by atoms with Crippen molar-refractivity contribution in [1.82, 2.24) is 10.2 Å². The van der Waals surface area contributed by atoms with Gasteiger partial charge in [-0.05, 0) is 30.4 Å². The highest BCUT2D eigenvalue weighted by Gasteiger charge is 2.64. The van der Waals surface area contributed by atoms with Gasteiger partial charge in [-0.15, -0.1) is 0 Å². The maximum Gasteiger partial charge on any atom is 0.325 e. The van der Waals surface area contributed by atoms with Crippen LogP contribution in [0.1, 0.15) is 30.4 Å². The van der Waals surface area contributed by atoms with Crippen molar-refractivity contribution >= 4 is 23.5 Å². The predicted octanol–water partition coefficient (Wildman–Crippen LogP) is 2.78. The number of benzene rings is 2. The summed E-state index contributed by atoms with van der Waals surface area (Å²) in [4.78, 5) is 42.4. The van der Waals surface area contributed by atoms with E-state index < -0.39 is 17.5 Å². The highest BCUT2D eigenvalue weighted by molar-refractivity contribution is 6.27. The Morgan fingerprint density at radius 2 is 1.57 bits per heavy atom. The third-order valence-electron chi connectivity index (χ3n) is 6.12. The van der Waals surface area contributed by atoms with Gasteiger partial charge in [0.2, 0.25) is 5.54 Å². The van der Waals surface area contributed by atoms with Crippen molar-refractivity contribution in [3.8, 4) is 0 Å². The number of urea groups is 1. The van der Waals surface area contributed by atoms with Crippen molar-refractivity contribution < 1.29 is 14.4 Å². The number of amides is 4. The summed E-state index contributed by atoms with van der Waals surface area (Å²) in [5.74, 6) is -0.485. The smallest absolute Gasteiger partial charge is 0.311 e. The Balaban J connectivity index is 1.54. The number of anilines is 1. The van der Waals surface area contributed by atoms with E-state index >= 15 is 0 Å². The van der Waals surface area contributed by atoms with Crippen LogP contribution in [-0.4, -0.2) is 29.3 Å². The zero-order valence-electron chi connectivity index (χ0n) is 15.4. The van der Waals surface area contributed by atoms with Gasteiger partial charge in [0.1, 0.15) is 0 Å². The zero-order chi connectivity index (χ0) is 19.3. The lowest BCUT2D eigenvalue weighted by molar-refractivity contribution is -0.138. The van der Waals surface area contributed by atoms with E-state index in [2.05, 4.69) is 5.32 Å². The Morgan fingerprint density at radius 3 is 2.29 bits per heavy atom. The molecule has 3 aliphatic rings. The average molecular weight is 375 g/mol. The second-order valence-corrected chi connectivity index (χ2v) is 7.79. The standard InChI is InChI=1S/C22H21N3O3/c26-19-22(20(27)25(21(28)23-22)14-16-9-6-10-16)17-11-4-5-12-18(17)24(19)13-15-7-2-1-3-8-15/h1-5,7-8,11-12,16H,6,9-10,13-14H2,(H,23,28). The Kier molecular flexibility index (Phi) is 3.75. The van der Waals surface area contributed by atoms with Crippen LogP contribution in [0.4, 0.5) is 10.5 Å². The molecule has 1 aliphatic carbocycles. The van der Waals surface area contributed by atoms with Gasteiger partial charge in [0.15, 0.2) is 0 Å². The molecule has 6 nitrogen and oxygen atoms in total. The minimum Gasteiger partial charge on any atom is -0.311 e. The molecule has 1 saturated heterocycles. The third kappa shape index (κ3) is 2.30. The fourth-order valence-corrected chi connectivity index (χ4v) is 4.38. The first-order valence-corrected chi connectivity index (χ1v) is 9.71. The molecule has 6 heteroatoms. The third-order valence-corrected chi connectivity index (χ3v) is 6.12. The molecule has 142 valence electrons. The van der Waals surface area contributed by atoms with Gasteiger partial charge in [-0.1, -0.05) is 55.0 Å². The van der Waals surface area contributed by atoms with Crippen molar-refractivity contribution in [3.05, 3.63) is 65.7 Å². The number of para-hydroxylation sites is 1. The Bertz CT molecular complexity index is 970. The second-order valence-electron chi connectivity index (χ2n) is 7.79. The van der Waals surface area contributed by atoms with Gasteiger partial charge in [-0.2, -0.15) is 0 Å². The SMILES string of the molecule is O=C1NC2(C(=O)N1CC1CCC1)C(=O)N(Cc1ccccc1)c1ccccc12. The number of fused-ring (bicyclic) bond motifs is 2. The molecular weight excluding hydrogens is 354 g/mol. The van der Waals surface area contributed by atoms with E-state index in [-0.39, 0.29) is 5.91 Å². The number of hydrogen-bond acceptors (Lipinski definition) is 3. The zero-order valence-corrected chi connectivity index (χ0v) is 15.4. The molecule has 1 spiro atoms. The van der Waals surface area contributed by atoms with Crippen molar-refractivity contribution in [2.45, 2.75) is 31.3 Å². The molecule has 2 aliphatic heterocycles. The van der Waals surface area contributed by atoms with Crippen molar-refractivity contribution in [2.24, 2.45) is 5.92 Å². The maximum absolute atomic E-state index is 13.5. The van der Waals surface area contributed by atoms with Crippen LogP contribution >= 0.6 is 0 Å². The van der Waals surface area contributed by atoms with Crippen molar-refractivity contribution in [2.75, 3.05) is 11.4 Å². The first-order valence-electron chi connectivity index (χ1n) is 9.71. The second kappa shape index (κ2) is 6.19. The minimum absolute atomic E-state index is 0.344. The monoisotopic (exact) mass is 375 g/mol. The molecule has 2 fully saturated rings. The molecule has 0 radical (unpaired) electrons. The van der Waals surface area contributed by atoms with Gasteiger partial charge in [-0.3, -0.25) is 14.5 Å². The summed E-state index contributed by atoms with van der Waals surface area (Å²) in [7, 11) is 0. The number of carbonyl (C=O) groups excluding carboxylic acids is 3. The van der Waals surface area contributed by atoms with Gasteiger partial charge in [-0.25, -0.2) is 4.79 Å². The van der Waals surface area contributed by atoms with Crippen LogP contribution < -0.4 is 10.2 Å². The lowest BCUT2D eigenvalue weighted by Gasteiger charge is -2.29. The van der Waals surface area contributed by atoms with Crippen LogP contribution in [0.15, 0.2) is 54.6 Å². The molecule has 5 rings (SSSR count). The molecule has 0 bridgehead atoms. The summed E-state index contributed by atoms with van der Waals surface area (Å²) in [6.45, 7) is 0.741. The minimum atomic E-state index is -1.63. The summed E-state index contributed by atoms with van der Waals surface area (Å²) in [6.07, 6.45) is 3.18. The molecule has 4 amide bonds. The van der Waals surface area contributed by atoms with Crippen molar-refractivity contribution in [3.63, 3.8) is 0 Å². The van der Waals surface area contributed by atoms with Crippen molar-refractivity contribution in [1.29, 1.82) is 0 Å². The van der Waals surface area contributed by atoms with E-state index in [1.54, 1.807) is 17.0 Å². The summed E-state index contributed by atoms with van der Waals surface area (Å²) in [5, 5.41) is 2.75. The van der Waals surface area contributed by atoms with Crippen LogP contribution in [0.25, 0.3) is 0 Å². The number of nitrogens with one attached hydrogen (secondary N) is 1. The molecule has 2 aromatic rings. The molecule has 1 saturated carbocycles. The van der Waals surface area contributed by atoms with Crippen LogP contribution in [0.5, 0.6) is 0 Å². The molecule has 0 aromatic heterocycles. The van der Waals surface area contributed by atoms with Crippen LogP contribution in [0.3, 0.4) is 0 Å². The predicted molar refractivity (Wildman–Crippen MR) is 103 cm³/mol. The van der Waals surface area contributed by atoms with Gasteiger partial charge >= 0.3 is 6.03 Å². The van der Waals surface area contributed by atoms with Gasteiger partial charge in [0.25, 0.3) is 11.8 Å². The maximum atomic E-state index is 13.5. The summed E-state index contributed by atoms with van der Waals surface area (Å²) < 4.78 is 0. The quantitative estimate of drug-likeness (QED) is 0.660. The number of hydrogen-bond donors (Lipinski definition) is 1. The largest absolute Gasteiger partial charge is 0.325 e. The molecule has 1 unspecified atom stereocenters. The summed E-state index contributed by atoms with van der Waals surface area (Å²) in [6, 6.07) is 16.4. The lowest BCUT2D eigenvalue weighted by Crippen LogP contribution is -2.52. The first kappa shape index (κ1) is 17.0. The van der Waals surface area contributed by atoms with E-state index in [9.17, 15) is 14.4 Å². The van der Waals surface area contributed by atoms with Gasteiger partial charge in [0, 0.05) is 12.1 Å². The fraction of sp³-hybridized carbons (Fsp3) is 0.318. The summed E-state index contributed by atoms with van der Waals surface area (Å²) >= 11 is 0. The molecule has 1 atom stereocenters. The highest BCUT2D eigenvalue weighted by Crippen LogP contribution is 2.45. The van der Waals surface area contributed by atoms with E-state index in [4.69, 9.17) is 0 Å². The molecule has 2 aromatic carbocycles. The van der Waals surface area contributed by atoms with Gasteiger partial charge < -0.3 is 10.2 Å². The normalized spacial score (nSPS) is 23.9. The lowest BCUT2D eigenvalue weighted by atomic mass is 9.84. The first-order chi connectivity index (χ1) is 13.6. The molecule has 2 heterocycles. The number of nitrogens with zero attached hydrogens (tertiary/aromatic N) is 2. The van der Waals surface area contributed by atoms with E-state index in [1.807, 2.05) is 42.5 Å². The Hall–Kier alpha value is -3.15. The van der Waals surface area contributed by atoms with E-state index in [1.165, 1.54) is 4.90 Å². The van der Waals surface area contributed by atoms with Gasteiger partial charge in [0.05, 0.1) is 12.2 Å². The number of rotatable bonds is 4. The fourth-order valence-electron chi connectivity index (χ4n) is 4.38. The van der Waals surface area contributed by atoms with Crippen LogP contribution in [0, 0.1) is 5.92 Å². The average Bonchev–Trinajstić information content (AvgIpc) is 3.06. The molecule has 28 heavy (non-hydrogen) atoms. The van der Waals surface area contributed by atoms with Crippen LogP contribution in [0.2, 0.25) is 0 Å². The Morgan fingerprint density at radius 1 is 0.893 bits per heavy atom. The molecule has 1 N–H and O–H groups in total. The highest BCUT2D eigenvalue weighted by atomic mass is 16.2. The van der Waals surface area contributed by atoms with E-state index in [0.717, 1.165) is 24.8 Å². The number of carbonyl (C=O) groups is 3. The van der Waals surface area contributed by atoms with E-state index in [0.29, 0.717) is 30.3 Å². The topological polar surface area (TPSA) is 69.7 Å². The summed E-state index contributed by atoms with van der Waals surface area (Å²) in [5.41, 5.74) is 0.568. The molecular formula is C22H21N3O3. The number of imide groups is 1.